The molecule has 1 aromatic heterocycles. The molecule has 0 atom stereocenters. The van der Waals surface area contributed by atoms with Crippen molar-refractivity contribution in [1.82, 2.24) is 4.98 Å². The highest BCUT2D eigenvalue weighted by Gasteiger charge is 2.05. The molecule has 2 aromatic rings. The first-order chi connectivity index (χ1) is 8.29. The van der Waals surface area contributed by atoms with Crippen molar-refractivity contribution in [2.75, 3.05) is 6.54 Å². The molecule has 0 aliphatic carbocycles. The number of ether oxygens (including phenoxy) is 1. The summed E-state index contributed by atoms with van der Waals surface area (Å²) < 4.78 is 5.75. The van der Waals surface area contributed by atoms with Gasteiger partial charge >= 0.3 is 0 Å². The topological polar surface area (TPSA) is 48.1 Å². The van der Waals surface area contributed by atoms with E-state index in [0.717, 1.165) is 22.6 Å². The Hall–Kier alpha value is -1.10. The third-order valence-electron chi connectivity index (χ3n) is 2.29. The van der Waals surface area contributed by atoms with Crippen LogP contribution < -0.4 is 10.5 Å². The summed E-state index contributed by atoms with van der Waals surface area (Å²) in [5.41, 5.74) is 8.40. The average Bonchev–Trinajstić information content (AvgIpc) is 2.81. The fraction of sp³-hybridized carbons (Fsp3) is 0.250. The van der Waals surface area contributed by atoms with Gasteiger partial charge in [0.25, 0.3) is 0 Å². The molecule has 1 aromatic carbocycles. The maximum absolute atomic E-state index is 5.95. The summed E-state index contributed by atoms with van der Waals surface area (Å²) in [6, 6.07) is 5.61. The Morgan fingerprint density at radius 1 is 1.41 bits per heavy atom. The molecule has 0 saturated carbocycles. The number of halogens is 1. The maximum Gasteiger partial charge on any atom is 0.124 e. The predicted octanol–water partition coefficient (Wildman–Crippen LogP) is 2.88. The van der Waals surface area contributed by atoms with E-state index >= 15 is 0 Å². The normalized spacial score (nSPS) is 10.5. The molecule has 2 rings (SSSR count). The molecule has 3 nitrogen and oxygen atoms in total. The van der Waals surface area contributed by atoms with Gasteiger partial charge in [0.1, 0.15) is 12.4 Å². The van der Waals surface area contributed by atoms with E-state index in [9.17, 15) is 0 Å². The first-order valence-corrected chi connectivity index (χ1v) is 6.54. The number of hydrogen-bond donors (Lipinski definition) is 1. The van der Waals surface area contributed by atoms with Crippen molar-refractivity contribution in [2.45, 2.75) is 13.0 Å². The fourth-order valence-corrected chi connectivity index (χ4v) is 2.20. The fourth-order valence-electron chi connectivity index (χ4n) is 1.50. The Bertz CT molecular complexity index is 473. The summed E-state index contributed by atoms with van der Waals surface area (Å²) in [6.07, 6.45) is 2.57. The molecule has 0 fully saturated rings. The van der Waals surface area contributed by atoms with Gasteiger partial charge in [0.05, 0.1) is 10.4 Å². The van der Waals surface area contributed by atoms with Crippen LogP contribution in [0.1, 0.15) is 10.4 Å². The monoisotopic (exact) mass is 268 g/mol. The molecular weight excluding hydrogens is 256 g/mol. The summed E-state index contributed by atoms with van der Waals surface area (Å²) in [5, 5.41) is 0.707. The van der Waals surface area contributed by atoms with Crippen molar-refractivity contribution in [3.05, 3.63) is 45.4 Å². The lowest BCUT2D eigenvalue weighted by molar-refractivity contribution is 0.306. The van der Waals surface area contributed by atoms with E-state index < -0.39 is 0 Å². The van der Waals surface area contributed by atoms with Crippen LogP contribution in [0.5, 0.6) is 5.75 Å². The van der Waals surface area contributed by atoms with E-state index in [4.69, 9.17) is 22.1 Å². The number of rotatable bonds is 5. The molecule has 0 unspecified atom stereocenters. The van der Waals surface area contributed by atoms with Crippen molar-refractivity contribution in [1.29, 1.82) is 0 Å². The Morgan fingerprint density at radius 2 is 2.29 bits per heavy atom. The van der Waals surface area contributed by atoms with Crippen LogP contribution in [0.15, 0.2) is 29.9 Å². The largest absolute Gasteiger partial charge is 0.488 e. The summed E-state index contributed by atoms with van der Waals surface area (Å²) >= 11 is 7.53. The lowest BCUT2D eigenvalue weighted by atomic mass is 10.1. The third kappa shape index (κ3) is 3.43. The van der Waals surface area contributed by atoms with E-state index in [1.165, 1.54) is 0 Å². The highest BCUT2D eigenvalue weighted by Crippen LogP contribution is 2.24. The molecular formula is C12H13ClN2OS. The molecule has 0 spiro atoms. The Morgan fingerprint density at radius 3 is 3.00 bits per heavy atom. The Kier molecular flexibility index (Phi) is 4.36. The van der Waals surface area contributed by atoms with E-state index in [2.05, 4.69) is 4.98 Å². The van der Waals surface area contributed by atoms with Crippen LogP contribution in [-0.2, 0) is 13.0 Å². The van der Waals surface area contributed by atoms with Crippen LogP contribution in [0.2, 0.25) is 5.02 Å². The minimum Gasteiger partial charge on any atom is -0.488 e. The molecule has 2 N–H and O–H groups in total. The second-order valence-corrected chi connectivity index (χ2v) is 4.95. The van der Waals surface area contributed by atoms with Gasteiger partial charge in [-0.3, -0.25) is 4.98 Å². The molecule has 0 aliphatic heterocycles. The average molecular weight is 269 g/mol. The van der Waals surface area contributed by atoms with Crippen molar-refractivity contribution < 1.29 is 4.74 Å². The Labute approximate surface area is 109 Å². The number of aromatic nitrogens is 1. The lowest BCUT2D eigenvalue weighted by Gasteiger charge is -2.10. The molecule has 0 amide bonds. The summed E-state index contributed by atoms with van der Waals surface area (Å²) in [5.74, 6) is 0.841. The minimum absolute atomic E-state index is 0.532. The number of benzene rings is 1. The van der Waals surface area contributed by atoms with E-state index in [1.54, 1.807) is 16.8 Å². The summed E-state index contributed by atoms with van der Waals surface area (Å²) in [7, 11) is 0. The number of thiazole rings is 1. The summed E-state index contributed by atoms with van der Waals surface area (Å²) in [6.45, 7) is 1.11. The van der Waals surface area contributed by atoms with E-state index in [0.29, 0.717) is 18.2 Å². The van der Waals surface area contributed by atoms with Crippen molar-refractivity contribution >= 4 is 22.9 Å². The highest BCUT2D eigenvalue weighted by atomic mass is 35.5. The zero-order valence-corrected chi connectivity index (χ0v) is 10.8. The zero-order valence-electron chi connectivity index (χ0n) is 9.23. The third-order valence-corrected chi connectivity index (χ3v) is 3.28. The van der Waals surface area contributed by atoms with Gasteiger partial charge < -0.3 is 10.5 Å². The standard InChI is InChI=1S/C12H13ClN2OS/c13-10-1-2-12(9(5-10)3-4-14)16-7-11-6-15-8-17-11/h1-2,5-6,8H,3-4,7,14H2. The Balaban J connectivity index is 2.08. The van der Waals surface area contributed by atoms with Crippen LogP contribution in [0.25, 0.3) is 0 Å². The molecule has 0 aliphatic rings. The van der Waals surface area contributed by atoms with Crippen molar-refractivity contribution in [2.24, 2.45) is 5.73 Å². The first kappa shape index (κ1) is 12.4. The van der Waals surface area contributed by atoms with Gasteiger partial charge in [0.2, 0.25) is 0 Å². The van der Waals surface area contributed by atoms with Crippen LogP contribution in [0.4, 0.5) is 0 Å². The molecule has 90 valence electrons. The molecule has 0 radical (unpaired) electrons. The molecule has 5 heteroatoms. The van der Waals surface area contributed by atoms with Crippen LogP contribution in [-0.4, -0.2) is 11.5 Å². The minimum atomic E-state index is 0.532. The summed E-state index contributed by atoms with van der Waals surface area (Å²) in [4.78, 5) is 5.10. The molecule has 0 saturated heterocycles. The van der Waals surface area contributed by atoms with Gasteiger partial charge in [0.15, 0.2) is 0 Å². The van der Waals surface area contributed by atoms with Crippen LogP contribution in [0.3, 0.4) is 0 Å². The number of nitrogens with two attached hydrogens (primary N) is 1. The lowest BCUT2D eigenvalue weighted by Crippen LogP contribution is -2.05. The molecule has 17 heavy (non-hydrogen) atoms. The predicted molar refractivity (Wildman–Crippen MR) is 70.7 cm³/mol. The SMILES string of the molecule is NCCc1cc(Cl)ccc1OCc1cncs1. The second kappa shape index (κ2) is 6.00. The maximum atomic E-state index is 5.95. The molecule has 1 heterocycles. The van der Waals surface area contributed by atoms with Gasteiger partial charge in [-0.15, -0.1) is 11.3 Å². The second-order valence-electron chi connectivity index (χ2n) is 3.55. The van der Waals surface area contributed by atoms with Gasteiger partial charge in [-0.25, -0.2) is 0 Å². The van der Waals surface area contributed by atoms with E-state index in [-0.39, 0.29) is 0 Å². The van der Waals surface area contributed by atoms with Crippen LogP contribution in [0, 0.1) is 0 Å². The zero-order chi connectivity index (χ0) is 12.1. The van der Waals surface area contributed by atoms with Gasteiger partial charge in [-0.2, -0.15) is 0 Å². The smallest absolute Gasteiger partial charge is 0.124 e. The van der Waals surface area contributed by atoms with Gasteiger partial charge in [-0.05, 0) is 36.7 Å². The number of hydrogen-bond acceptors (Lipinski definition) is 4. The quantitative estimate of drug-likeness (QED) is 0.907. The number of nitrogens with zero attached hydrogens (tertiary/aromatic N) is 1. The van der Waals surface area contributed by atoms with Crippen molar-refractivity contribution in [3.63, 3.8) is 0 Å². The first-order valence-electron chi connectivity index (χ1n) is 5.28. The highest BCUT2D eigenvalue weighted by molar-refractivity contribution is 7.09. The van der Waals surface area contributed by atoms with Gasteiger partial charge in [0, 0.05) is 11.2 Å². The van der Waals surface area contributed by atoms with Crippen molar-refractivity contribution in [3.8, 4) is 5.75 Å². The van der Waals surface area contributed by atoms with E-state index in [1.807, 2.05) is 24.4 Å². The molecule has 0 bridgehead atoms. The van der Waals surface area contributed by atoms with Crippen LogP contribution >= 0.6 is 22.9 Å². The van der Waals surface area contributed by atoms with Gasteiger partial charge in [-0.1, -0.05) is 11.6 Å².